The van der Waals surface area contributed by atoms with Gasteiger partial charge < -0.3 is 20.0 Å². The summed E-state index contributed by atoms with van der Waals surface area (Å²) < 4.78 is 6.40. The van der Waals surface area contributed by atoms with E-state index in [1.54, 1.807) is 18.2 Å². The molecule has 0 spiro atoms. The predicted octanol–water partition coefficient (Wildman–Crippen LogP) is 3.88. The van der Waals surface area contributed by atoms with Crippen LogP contribution in [0, 0.1) is 6.92 Å². The van der Waals surface area contributed by atoms with Crippen molar-refractivity contribution in [1.29, 1.82) is 0 Å². The minimum absolute atomic E-state index is 0.341. The lowest BCUT2D eigenvalue weighted by atomic mass is 10.1. The highest BCUT2D eigenvalue weighted by atomic mass is 79.9. The lowest BCUT2D eigenvalue weighted by molar-refractivity contribution is -0.142. The van der Waals surface area contributed by atoms with Gasteiger partial charge in [-0.15, -0.1) is 0 Å². The van der Waals surface area contributed by atoms with E-state index in [1.807, 2.05) is 25.1 Å². The van der Waals surface area contributed by atoms with Gasteiger partial charge in [-0.1, -0.05) is 28.1 Å². The Morgan fingerprint density at radius 1 is 1.11 bits per heavy atom. The standard InChI is InChI=1S/C19H15Br2N3O4/c1-10-2-3-11(12(20)6-10)4-5-18(26)28-9-17(25)22-14-8-16-15(7-13(14)21)23-19(27)24-16/h2-8H,9H2,1H3,(H,22,25)(H2,23,24,27). The van der Waals surface area contributed by atoms with E-state index in [0.29, 0.717) is 21.2 Å². The van der Waals surface area contributed by atoms with Crippen LogP contribution in [0.4, 0.5) is 5.69 Å². The number of rotatable bonds is 5. The number of hydrogen-bond donors (Lipinski definition) is 3. The lowest BCUT2D eigenvalue weighted by Gasteiger charge is -2.08. The van der Waals surface area contributed by atoms with Gasteiger partial charge >= 0.3 is 11.7 Å². The van der Waals surface area contributed by atoms with Crippen LogP contribution in [-0.4, -0.2) is 28.5 Å². The van der Waals surface area contributed by atoms with Crippen molar-refractivity contribution in [3.05, 3.63) is 67.0 Å². The molecule has 7 nitrogen and oxygen atoms in total. The Bertz CT molecular complexity index is 1150. The quantitative estimate of drug-likeness (QED) is 0.359. The maximum absolute atomic E-state index is 12.1. The largest absolute Gasteiger partial charge is 0.452 e. The molecule has 3 N–H and O–H groups in total. The molecule has 0 atom stereocenters. The summed E-state index contributed by atoms with van der Waals surface area (Å²) in [4.78, 5) is 40.5. The van der Waals surface area contributed by atoms with E-state index in [0.717, 1.165) is 15.6 Å². The normalized spacial score (nSPS) is 11.1. The lowest BCUT2D eigenvalue weighted by Crippen LogP contribution is -2.20. The Hall–Kier alpha value is -2.65. The molecule has 1 aromatic heterocycles. The zero-order valence-corrected chi connectivity index (χ0v) is 17.8. The highest BCUT2D eigenvalue weighted by Crippen LogP contribution is 2.26. The summed E-state index contributed by atoms with van der Waals surface area (Å²) in [6.07, 6.45) is 2.87. The molecule has 3 aromatic rings. The van der Waals surface area contributed by atoms with Crippen molar-refractivity contribution >= 4 is 66.5 Å². The third-order valence-electron chi connectivity index (χ3n) is 3.78. The number of hydrogen-bond acceptors (Lipinski definition) is 4. The number of esters is 1. The molecule has 144 valence electrons. The van der Waals surface area contributed by atoms with Crippen molar-refractivity contribution in [3.63, 3.8) is 0 Å². The Balaban J connectivity index is 1.58. The van der Waals surface area contributed by atoms with Crippen LogP contribution in [0.25, 0.3) is 17.1 Å². The molecule has 0 radical (unpaired) electrons. The number of aromatic nitrogens is 2. The molecular formula is C19H15Br2N3O4. The third kappa shape index (κ3) is 4.99. The van der Waals surface area contributed by atoms with Crippen LogP contribution in [0.15, 0.2) is 50.1 Å². The van der Waals surface area contributed by atoms with Gasteiger partial charge in [-0.25, -0.2) is 9.59 Å². The van der Waals surface area contributed by atoms with Gasteiger partial charge in [0.25, 0.3) is 5.91 Å². The molecule has 3 rings (SSSR count). The predicted molar refractivity (Wildman–Crippen MR) is 114 cm³/mol. The fraction of sp³-hybridized carbons (Fsp3) is 0.105. The molecule has 0 unspecified atom stereocenters. The number of halogens is 2. The number of nitrogens with one attached hydrogen (secondary N) is 3. The maximum Gasteiger partial charge on any atom is 0.331 e. The fourth-order valence-corrected chi connectivity index (χ4v) is 3.52. The van der Waals surface area contributed by atoms with E-state index in [4.69, 9.17) is 4.74 Å². The smallest absolute Gasteiger partial charge is 0.331 e. The first kappa shape index (κ1) is 20.1. The first-order valence-corrected chi connectivity index (χ1v) is 9.73. The van der Waals surface area contributed by atoms with Crippen LogP contribution in [0.2, 0.25) is 0 Å². The number of aryl methyl sites for hydroxylation is 1. The summed E-state index contributed by atoms with van der Waals surface area (Å²) in [5.41, 5.74) is 3.18. The molecule has 1 heterocycles. The van der Waals surface area contributed by atoms with Crippen molar-refractivity contribution in [2.75, 3.05) is 11.9 Å². The average molecular weight is 509 g/mol. The highest BCUT2D eigenvalue weighted by Gasteiger charge is 2.10. The van der Waals surface area contributed by atoms with Gasteiger partial charge in [-0.2, -0.15) is 0 Å². The van der Waals surface area contributed by atoms with Gasteiger partial charge in [0.15, 0.2) is 6.61 Å². The SMILES string of the molecule is Cc1ccc(C=CC(=O)OCC(=O)Nc2cc3[nH]c(=O)[nH]c3cc2Br)c(Br)c1. The summed E-state index contributed by atoms with van der Waals surface area (Å²) in [5.74, 6) is -1.14. The third-order valence-corrected chi connectivity index (χ3v) is 5.12. The first-order chi connectivity index (χ1) is 13.3. The number of aromatic amines is 2. The van der Waals surface area contributed by atoms with Crippen LogP contribution in [0.3, 0.4) is 0 Å². The van der Waals surface area contributed by atoms with Gasteiger partial charge in [0.05, 0.1) is 16.7 Å². The Kier molecular flexibility index (Phi) is 6.15. The van der Waals surface area contributed by atoms with E-state index in [2.05, 4.69) is 47.1 Å². The van der Waals surface area contributed by atoms with Crippen molar-refractivity contribution < 1.29 is 14.3 Å². The minimum Gasteiger partial charge on any atom is -0.452 e. The molecule has 0 bridgehead atoms. The minimum atomic E-state index is -0.632. The fourth-order valence-electron chi connectivity index (χ4n) is 2.45. The second-order valence-electron chi connectivity index (χ2n) is 5.97. The van der Waals surface area contributed by atoms with Crippen LogP contribution in [-0.2, 0) is 14.3 Å². The Morgan fingerprint density at radius 2 is 1.82 bits per heavy atom. The zero-order valence-electron chi connectivity index (χ0n) is 14.6. The molecule has 1 amide bonds. The molecule has 0 fully saturated rings. The van der Waals surface area contributed by atoms with Crippen LogP contribution >= 0.6 is 31.9 Å². The number of imidazole rings is 1. The monoisotopic (exact) mass is 507 g/mol. The van der Waals surface area contributed by atoms with E-state index in [1.165, 1.54) is 6.08 Å². The number of H-pyrrole nitrogens is 2. The number of benzene rings is 2. The molecule has 0 aliphatic heterocycles. The molecule has 0 saturated heterocycles. The molecule has 28 heavy (non-hydrogen) atoms. The van der Waals surface area contributed by atoms with E-state index >= 15 is 0 Å². The van der Waals surface area contributed by atoms with Crippen LogP contribution in [0.1, 0.15) is 11.1 Å². The Morgan fingerprint density at radius 3 is 2.54 bits per heavy atom. The van der Waals surface area contributed by atoms with E-state index in [-0.39, 0.29) is 5.69 Å². The van der Waals surface area contributed by atoms with Crippen LogP contribution in [0.5, 0.6) is 0 Å². The molecule has 0 aliphatic rings. The highest BCUT2D eigenvalue weighted by molar-refractivity contribution is 9.11. The zero-order chi connectivity index (χ0) is 20.3. The number of carbonyl (C=O) groups excluding carboxylic acids is 2. The molecule has 2 aromatic carbocycles. The summed E-state index contributed by atoms with van der Waals surface area (Å²) in [5, 5.41) is 2.63. The first-order valence-electron chi connectivity index (χ1n) is 8.14. The van der Waals surface area contributed by atoms with Gasteiger partial charge in [0.1, 0.15) is 0 Å². The number of carbonyl (C=O) groups is 2. The van der Waals surface area contributed by atoms with Crippen molar-refractivity contribution in [3.8, 4) is 0 Å². The number of ether oxygens (including phenoxy) is 1. The molecule has 0 aliphatic carbocycles. The van der Waals surface area contributed by atoms with Gasteiger partial charge in [0.2, 0.25) is 0 Å². The van der Waals surface area contributed by atoms with Gasteiger partial charge in [-0.3, -0.25) is 4.79 Å². The summed E-state index contributed by atoms with van der Waals surface area (Å²) in [7, 11) is 0. The van der Waals surface area contributed by atoms with Crippen molar-refractivity contribution in [2.24, 2.45) is 0 Å². The maximum atomic E-state index is 12.1. The molecular weight excluding hydrogens is 494 g/mol. The summed E-state index contributed by atoms with van der Waals surface area (Å²) in [6.45, 7) is 1.53. The van der Waals surface area contributed by atoms with Gasteiger partial charge in [0, 0.05) is 15.0 Å². The number of fused-ring (bicyclic) bond motifs is 1. The van der Waals surface area contributed by atoms with Crippen molar-refractivity contribution in [2.45, 2.75) is 6.92 Å². The summed E-state index contributed by atoms with van der Waals surface area (Å²) >= 11 is 6.75. The molecule has 0 saturated carbocycles. The average Bonchev–Trinajstić information content (AvgIpc) is 2.98. The second-order valence-corrected chi connectivity index (χ2v) is 7.68. The van der Waals surface area contributed by atoms with E-state index in [9.17, 15) is 14.4 Å². The second kappa shape index (κ2) is 8.57. The summed E-state index contributed by atoms with van der Waals surface area (Å²) in [6, 6.07) is 9.00. The van der Waals surface area contributed by atoms with Gasteiger partial charge in [-0.05, 0) is 58.3 Å². The van der Waals surface area contributed by atoms with E-state index < -0.39 is 18.5 Å². The topological polar surface area (TPSA) is 104 Å². The molecule has 9 heteroatoms. The number of amides is 1. The van der Waals surface area contributed by atoms with Crippen molar-refractivity contribution in [1.82, 2.24) is 9.97 Å². The van der Waals surface area contributed by atoms with Crippen LogP contribution < -0.4 is 11.0 Å². The number of anilines is 1. The Labute approximate surface area is 176 Å².